The second-order valence-electron chi connectivity index (χ2n) is 3.88. The summed E-state index contributed by atoms with van der Waals surface area (Å²) < 4.78 is 10.2. The molecule has 1 aliphatic rings. The van der Waals surface area contributed by atoms with E-state index in [1.165, 1.54) is 0 Å². The first-order chi connectivity index (χ1) is 8.81. The van der Waals surface area contributed by atoms with Crippen molar-refractivity contribution in [1.29, 1.82) is 0 Å². The van der Waals surface area contributed by atoms with E-state index >= 15 is 0 Å². The Morgan fingerprint density at radius 2 is 1.67 bits per heavy atom. The van der Waals surface area contributed by atoms with Crippen LogP contribution in [0.3, 0.4) is 0 Å². The van der Waals surface area contributed by atoms with Crippen molar-refractivity contribution in [3.05, 3.63) is 23.8 Å². The fourth-order valence-electron chi connectivity index (χ4n) is 1.62. The van der Waals surface area contributed by atoms with Crippen molar-refractivity contribution in [1.82, 2.24) is 10.6 Å². The second kappa shape index (κ2) is 8.74. The quantitative estimate of drug-likeness (QED) is 0.725. The molecular formula is C13H23N3O2. The zero-order valence-corrected chi connectivity index (χ0v) is 11.2. The number of benzene rings is 1. The van der Waals surface area contributed by atoms with Gasteiger partial charge < -0.3 is 25.8 Å². The number of hydrogen-bond acceptors (Lipinski definition) is 5. The Labute approximate surface area is 109 Å². The van der Waals surface area contributed by atoms with E-state index in [2.05, 4.69) is 10.6 Å². The zero-order valence-electron chi connectivity index (χ0n) is 11.2. The molecule has 5 heteroatoms. The van der Waals surface area contributed by atoms with Crippen molar-refractivity contribution >= 4 is 0 Å². The molecule has 1 fully saturated rings. The molecule has 0 amide bonds. The molecule has 0 aliphatic carbocycles. The van der Waals surface area contributed by atoms with Gasteiger partial charge in [-0.2, -0.15) is 0 Å². The highest BCUT2D eigenvalue weighted by atomic mass is 16.5. The van der Waals surface area contributed by atoms with Gasteiger partial charge in [-0.15, -0.1) is 0 Å². The molecule has 1 aliphatic heterocycles. The van der Waals surface area contributed by atoms with Gasteiger partial charge >= 0.3 is 0 Å². The first-order valence-corrected chi connectivity index (χ1v) is 6.14. The SMILES string of the molecule is C1CNCCN1.COc1ccc(CN)c(OC)c1. The molecule has 1 heterocycles. The summed E-state index contributed by atoms with van der Waals surface area (Å²) in [6.45, 7) is 5.03. The number of nitrogens with two attached hydrogens (primary N) is 1. The molecule has 0 bridgehead atoms. The van der Waals surface area contributed by atoms with E-state index in [-0.39, 0.29) is 0 Å². The van der Waals surface area contributed by atoms with Crippen LogP contribution in [-0.4, -0.2) is 40.4 Å². The van der Waals surface area contributed by atoms with Crippen molar-refractivity contribution in [2.24, 2.45) is 5.73 Å². The van der Waals surface area contributed by atoms with E-state index in [4.69, 9.17) is 15.2 Å². The minimum Gasteiger partial charge on any atom is -0.497 e. The van der Waals surface area contributed by atoms with Crippen LogP contribution in [0.15, 0.2) is 18.2 Å². The number of methoxy groups -OCH3 is 2. The van der Waals surface area contributed by atoms with Crippen LogP contribution in [-0.2, 0) is 6.54 Å². The van der Waals surface area contributed by atoms with Gasteiger partial charge in [0.15, 0.2) is 0 Å². The van der Waals surface area contributed by atoms with E-state index in [0.717, 1.165) is 43.2 Å². The lowest BCUT2D eigenvalue weighted by atomic mass is 10.2. The van der Waals surface area contributed by atoms with Crippen LogP contribution in [0.5, 0.6) is 11.5 Å². The monoisotopic (exact) mass is 253 g/mol. The summed E-state index contributed by atoms with van der Waals surface area (Å²) >= 11 is 0. The van der Waals surface area contributed by atoms with Crippen molar-refractivity contribution in [3.8, 4) is 11.5 Å². The molecule has 0 saturated carbocycles. The summed E-state index contributed by atoms with van der Waals surface area (Å²) in [5.41, 5.74) is 6.48. The summed E-state index contributed by atoms with van der Waals surface area (Å²) in [5, 5.41) is 6.44. The third-order valence-corrected chi connectivity index (χ3v) is 2.67. The number of nitrogens with one attached hydrogen (secondary N) is 2. The minimum absolute atomic E-state index is 0.479. The predicted molar refractivity (Wildman–Crippen MR) is 73.2 cm³/mol. The molecule has 1 aromatic carbocycles. The lowest BCUT2D eigenvalue weighted by Crippen LogP contribution is -2.39. The fraction of sp³-hybridized carbons (Fsp3) is 0.538. The summed E-state index contributed by atoms with van der Waals surface area (Å²) in [5.74, 6) is 1.56. The highest BCUT2D eigenvalue weighted by Gasteiger charge is 2.01. The van der Waals surface area contributed by atoms with Gasteiger partial charge in [-0.3, -0.25) is 0 Å². The van der Waals surface area contributed by atoms with Crippen molar-refractivity contribution in [3.63, 3.8) is 0 Å². The largest absolute Gasteiger partial charge is 0.497 e. The lowest BCUT2D eigenvalue weighted by Gasteiger charge is -2.11. The van der Waals surface area contributed by atoms with Gasteiger partial charge in [0, 0.05) is 44.4 Å². The van der Waals surface area contributed by atoms with Gasteiger partial charge in [0.2, 0.25) is 0 Å². The molecule has 1 saturated heterocycles. The van der Waals surface area contributed by atoms with E-state index in [1.54, 1.807) is 14.2 Å². The van der Waals surface area contributed by atoms with Crippen LogP contribution >= 0.6 is 0 Å². The van der Waals surface area contributed by atoms with Gasteiger partial charge in [0.1, 0.15) is 11.5 Å². The average Bonchev–Trinajstić information content (AvgIpc) is 2.48. The van der Waals surface area contributed by atoms with E-state index in [1.807, 2.05) is 18.2 Å². The van der Waals surface area contributed by atoms with Gasteiger partial charge in [0.05, 0.1) is 14.2 Å². The third kappa shape index (κ3) is 4.91. The molecule has 4 N–H and O–H groups in total. The first-order valence-electron chi connectivity index (χ1n) is 6.14. The Morgan fingerprint density at radius 1 is 1.06 bits per heavy atom. The average molecular weight is 253 g/mol. The molecule has 2 rings (SSSR count). The summed E-state index contributed by atoms with van der Waals surface area (Å²) in [6, 6.07) is 5.59. The van der Waals surface area contributed by atoms with E-state index in [0.29, 0.717) is 6.54 Å². The van der Waals surface area contributed by atoms with Crippen molar-refractivity contribution in [2.75, 3.05) is 40.4 Å². The smallest absolute Gasteiger partial charge is 0.127 e. The Balaban J connectivity index is 0.000000225. The molecule has 102 valence electrons. The maximum atomic E-state index is 5.50. The number of hydrogen-bond donors (Lipinski definition) is 3. The molecular weight excluding hydrogens is 230 g/mol. The van der Waals surface area contributed by atoms with Crippen LogP contribution in [0.2, 0.25) is 0 Å². The highest BCUT2D eigenvalue weighted by molar-refractivity contribution is 5.40. The van der Waals surface area contributed by atoms with Crippen LogP contribution < -0.4 is 25.8 Å². The van der Waals surface area contributed by atoms with Crippen molar-refractivity contribution in [2.45, 2.75) is 6.54 Å². The van der Waals surface area contributed by atoms with Crippen molar-refractivity contribution < 1.29 is 9.47 Å². The maximum absolute atomic E-state index is 5.50. The second-order valence-corrected chi connectivity index (χ2v) is 3.88. The standard InChI is InChI=1S/C9H13NO2.C4H10N2/c1-11-8-4-3-7(6-10)9(5-8)12-2;1-2-6-4-3-5-1/h3-5H,6,10H2,1-2H3;5-6H,1-4H2. The van der Waals surface area contributed by atoms with Gasteiger partial charge in [-0.05, 0) is 6.07 Å². The predicted octanol–water partition coefficient (Wildman–Crippen LogP) is 0.342. The van der Waals surface area contributed by atoms with Crippen LogP contribution in [0.25, 0.3) is 0 Å². The maximum Gasteiger partial charge on any atom is 0.127 e. The van der Waals surface area contributed by atoms with E-state index < -0.39 is 0 Å². The zero-order chi connectivity index (χ0) is 13.2. The fourth-order valence-corrected chi connectivity index (χ4v) is 1.62. The summed E-state index contributed by atoms with van der Waals surface area (Å²) in [7, 11) is 3.24. The molecule has 18 heavy (non-hydrogen) atoms. The van der Waals surface area contributed by atoms with Crippen LogP contribution in [0.1, 0.15) is 5.56 Å². The summed E-state index contributed by atoms with van der Waals surface area (Å²) in [4.78, 5) is 0. The van der Waals surface area contributed by atoms with Crippen LogP contribution in [0.4, 0.5) is 0 Å². The first kappa shape index (κ1) is 14.8. The number of rotatable bonds is 3. The van der Waals surface area contributed by atoms with Gasteiger partial charge in [-0.25, -0.2) is 0 Å². The topological polar surface area (TPSA) is 68.5 Å². The Hall–Kier alpha value is -1.30. The van der Waals surface area contributed by atoms with E-state index in [9.17, 15) is 0 Å². The highest BCUT2D eigenvalue weighted by Crippen LogP contribution is 2.23. The molecule has 0 unspecified atom stereocenters. The lowest BCUT2D eigenvalue weighted by molar-refractivity contribution is 0.391. The summed E-state index contributed by atoms with van der Waals surface area (Å²) in [6.07, 6.45) is 0. The number of ether oxygens (including phenoxy) is 2. The Kier molecular flexibility index (Phi) is 7.17. The third-order valence-electron chi connectivity index (χ3n) is 2.67. The Bertz CT molecular complexity index is 329. The number of piperazine rings is 1. The molecule has 0 aromatic heterocycles. The molecule has 1 aromatic rings. The van der Waals surface area contributed by atoms with Gasteiger partial charge in [0.25, 0.3) is 0 Å². The molecule has 0 spiro atoms. The minimum atomic E-state index is 0.479. The Morgan fingerprint density at radius 3 is 2.06 bits per heavy atom. The molecule has 0 radical (unpaired) electrons. The normalized spacial score (nSPS) is 14.4. The van der Waals surface area contributed by atoms with Gasteiger partial charge in [-0.1, -0.05) is 6.07 Å². The molecule has 0 atom stereocenters. The molecule has 5 nitrogen and oxygen atoms in total. The van der Waals surface area contributed by atoms with Crippen LogP contribution in [0, 0.1) is 0 Å².